The Morgan fingerprint density at radius 3 is 2.73 bits per heavy atom. The van der Waals surface area contributed by atoms with Crippen LogP contribution in [-0.4, -0.2) is 73.4 Å². The van der Waals surface area contributed by atoms with Gasteiger partial charge in [-0.25, -0.2) is 23.8 Å². The summed E-state index contributed by atoms with van der Waals surface area (Å²) in [6, 6.07) is 11.4. The Morgan fingerprint density at radius 2 is 1.98 bits per heavy atom. The van der Waals surface area contributed by atoms with E-state index in [4.69, 9.17) is 15.2 Å². The van der Waals surface area contributed by atoms with Crippen molar-refractivity contribution in [2.45, 2.75) is 38.3 Å². The van der Waals surface area contributed by atoms with Crippen LogP contribution in [0.15, 0.2) is 64.1 Å². The van der Waals surface area contributed by atoms with Gasteiger partial charge in [0, 0.05) is 50.4 Å². The van der Waals surface area contributed by atoms with Gasteiger partial charge in [-0.05, 0) is 72.9 Å². The van der Waals surface area contributed by atoms with Crippen LogP contribution in [0, 0.1) is 11.7 Å². The molecule has 0 spiro atoms. The molecule has 0 amide bonds. The van der Waals surface area contributed by atoms with E-state index in [2.05, 4.69) is 31.9 Å². The Morgan fingerprint density at radius 1 is 1.13 bits per heavy atom. The monoisotopic (exact) mass is 607 g/mol. The summed E-state index contributed by atoms with van der Waals surface area (Å²) >= 11 is 0. The van der Waals surface area contributed by atoms with E-state index in [-0.39, 0.29) is 11.6 Å². The number of rotatable bonds is 7. The Kier molecular flexibility index (Phi) is 6.68. The number of nitrogen functional groups attached to an aromatic ring is 1. The molecule has 11 heteroatoms. The van der Waals surface area contributed by atoms with Crippen LogP contribution in [-0.2, 0) is 0 Å². The minimum absolute atomic E-state index is 0.162. The van der Waals surface area contributed by atoms with Crippen molar-refractivity contribution < 1.29 is 13.9 Å². The lowest BCUT2D eigenvalue weighted by molar-refractivity contribution is 0.0371. The van der Waals surface area contributed by atoms with Crippen LogP contribution in [0.25, 0.3) is 38.6 Å². The number of nitrogens with zero attached hydrogens (tertiary/aromatic N) is 6. The number of hydrogen-bond donors (Lipinski definition) is 2. The van der Waals surface area contributed by atoms with Crippen molar-refractivity contribution >= 4 is 33.2 Å². The Bertz CT molecular complexity index is 2020. The summed E-state index contributed by atoms with van der Waals surface area (Å²) in [5.41, 5.74) is 9.11. The van der Waals surface area contributed by atoms with Crippen molar-refractivity contribution in [2.24, 2.45) is 5.92 Å². The second kappa shape index (κ2) is 10.8. The van der Waals surface area contributed by atoms with E-state index >= 15 is 0 Å². The molecule has 3 aliphatic rings. The largest absolute Gasteiger partial charge is 0.508 e. The van der Waals surface area contributed by atoms with Crippen LogP contribution in [0.4, 0.5) is 10.2 Å². The maximum Gasteiger partial charge on any atom is 0.343 e. The van der Waals surface area contributed by atoms with Gasteiger partial charge < -0.3 is 15.3 Å². The molecule has 2 aliphatic heterocycles. The standard InChI is InChI=1S/C34H34FN7O3/c1-19(42-33-30(32(36)37-18-38-33)31(39-42)22-11-23(35)13-25(43)12-22)29-14-28-26(3-2-4-27(28)34(44)45-29)21-7-9-41(10-8-21)24-16-40(17-24)15-20-5-6-20/h2-4,7,11-14,18-20,24,43H,5-6,8-10,15-17H2,1H3,(H2,36,37,38). The summed E-state index contributed by atoms with van der Waals surface area (Å²) in [6.45, 7) is 7.33. The lowest BCUT2D eigenvalue weighted by atomic mass is 9.93. The molecule has 3 aromatic heterocycles. The Hall–Kier alpha value is -4.61. The van der Waals surface area contributed by atoms with E-state index < -0.39 is 17.5 Å². The average molecular weight is 608 g/mol. The number of nitrogens with two attached hydrogens (primary N) is 1. The number of hydrogen-bond acceptors (Lipinski definition) is 9. The summed E-state index contributed by atoms with van der Waals surface area (Å²) in [5, 5.41) is 16.6. The summed E-state index contributed by atoms with van der Waals surface area (Å²) in [4.78, 5) is 27.0. The zero-order chi connectivity index (χ0) is 30.8. The molecule has 5 heterocycles. The molecule has 2 aromatic carbocycles. The predicted molar refractivity (Wildman–Crippen MR) is 170 cm³/mol. The third-order valence-corrected chi connectivity index (χ3v) is 9.53. The minimum atomic E-state index is -0.618. The van der Waals surface area contributed by atoms with Gasteiger partial charge >= 0.3 is 5.63 Å². The fraction of sp³-hybridized carbons (Fsp3) is 0.353. The van der Waals surface area contributed by atoms with Gasteiger partial charge in [0.15, 0.2) is 5.65 Å². The molecular formula is C34H34FN7O3. The molecular weight excluding hydrogens is 573 g/mol. The molecule has 1 saturated heterocycles. The van der Waals surface area contributed by atoms with Crippen LogP contribution < -0.4 is 11.4 Å². The lowest BCUT2D eigenvalue weighted by Gasteiger charge is -2.46. The second-order valence-electron chi connectivity index (χ2n) is 12.6. The van der Waals surface area contributed by atoms with Crippen molar-refractivity contribution in [3.05, 3.63) is 82.4 Å². The van der Waals surface area contributed by atoms with E-state index in [9.17, 15) is 14.3 Å². The zero-order valence-electron chi connectivity index (χ0n) is 25.0. The number of fused-ring (bicyclic) bond motifs is 2. The number of aromatic nitrogens is 4. The third kappa shape index (κ3) is 5.05. The van der Waals surface area contributed by atoms with E-state index in [1.165, 1.54) is 43.4 Å². The van der Waals surface area contributed by atoms with Gasteiger partial charge in [0.25, 0.3) is 0 Å². The molecule has 1 saturated carbocycles. The molecule has 5 aromatic rings. The number of benzene rings is 2. The Labute approximate surface area is 258 Å². The molecule has 10 nitrogen and oxygen atoms in total. The Balaban J connectivity index is 1.13. The predicted octanol–water partition coefficient (Wildman–Crippen LogP) is 4.82. The van der Waals surface area contributed by atoms with Gasteiger partial charge in [-0.1, -0.05) is 18.2 Å². The lowest BCUT2D eigenvalue weighted by Crippen LogP contribution is -2.60. The molecule has 45 heavy (non-hydrogen) atoms. The first-order valence-electron chi connectivity index (χ1n) is 15.5. The smallest absolute Gasteiger partial charge is 0.343 e. The second-order valence-corrected chi connectivity index (χ2v) is 12.6. The van der Waals surface area contributed by atoms with E-state index in [0.29, 0.717) is 39.5 Å². The maximum atomic E-state index is 14.3. The fourth-order valence-corrected chi connectivity index (χ4v) is 6.87. The van der Waals surface area contributed by atoms with Crippen LogP contribution in [0.5, 0.6) is 5.75 Å². The third-order valence-electron chi connectivity index (χ3n) is 9.53. The topological polar surface area (TPSA) is 127 Å². The van der Waals surface area contributed by atoms with Crippen molar-refractivity contribution in [1.29, 1.82) is 0 Å². The van der Waals surface area contributed by atoms with Gasteiger partial charge in [0.05, 0.1) is 10.8 Å². The minimum Gasteiger partial charge on any atom is -0.508 e. The van der Waals surface area contributed by atoms with Crippen molar-refractivity contribution in [3.63, 3.8) is 0 Å². The van der Waals surface area contributed by atoms with Crippen molar-refractivity contribution in [3.8, 4) is 17.0 Å². The number of phenols is 1. The molecule has 0 radical (unpaired) electrons. The van der Waals surface area contributed by atoms with Gasteiger partial charge in [-0.3, -0.25) is 9.80 Å². The van der Waals surface area contributed by atoms with E-state index in [0.717, 1.165) is 55.5 Å². The molecule has 0 bridgehead atoms. The quantitative estimate of drug-likeness (QED) is 0.268. The summed E-state index contributed by atoms with van der Waals surface area (Å²) < 4.78 is 21.7. The highest BCUT2D eigenvalue weighted by molar-refractivity contribution is 5.98. The number of halogens is 1. The molecule has 1 aliphatic carbocycles. The molecule has 230 valence electrons. The highest BCUT2D eigenvalue weighted by atomic mass is 19.1. The molecule has 2 fully saturated rings. The SMILES string of the molecule is CC(c1cc2c(C3=CCN(C4CN(CC5CC5)C4)CC3)cccc2c(=O)o1)n1nc(-c2cc(O)cc(F)c2)c2c(N)ncnc21. The van der Waals surface area contributed by atoms with Crippen LogP contribution >= 0.6 is 0 Å². The molecule has 1 unspecified atom stereocenters. The first-order valence-corrected chi connectivity index (χ1v) is 15.5. The molecule has 3 N–H and O–H groups in total. The zero-order valence-corrected chi connectivity index (χ0v) is 25.0. The average Bonchev–Trinajstić information content (AvgIpc) is 3.75. The summed E-state index contributed by atoms with van der Waals surface area (Å²) in [6.07, 6.45) is 7.33. The number of phenolic OH excluding ortho intramolecular Hbond substituents is 1. The highest BCUT2D eigenvalue weighted by Gasteiger charge is 2.35. The van der Waals surface area contributed by atoms with E-state index in [1.54, 1.807) is 10.7 Å². The van der Waals surface area contributed by atoms with Gasteiger partial charge in [0.2, 0.25) is 0 Å². The van der Waals surface area contributed by atoms with Crippen LogP contribution in [0.2, 0.25) is 0 Å². The number of anilines is 1. The highest BCUT2D eigenvalue weighted by Crippen LogP contribution is 2.37. The molecule has 8 rings (SSSR count). The molecule has 1 atom stereocenters. The van der Waals surface area contributed by atoms with Crippen LogP contribution in [0.3, 0.4) is 0 Å². The van der Waals surface area contributed by atoms with Crippen molar-refractivity contribution in [1.82, 2.24) is 29.5 Å². The van der Waals surface area contributed by atoms with E-state index in [1.807, 2.05) is 19.1 Å². The fourth-order valence-electron chi connectivity index (χ4n) is 6.87. The first-order chi connectivity index (χ1) is 21.8. The van der Waals surface area contributed by atoms with Gasteiger partial charge in [0.1, 0.15) is 41.2 Å². The normalized spacial score (nSPS) is 18.8. The van der Waals surface area contributed by atoms with Crippen LogP contribution in [0.1, 0.15) is 43.6 Å². The maximum absolute atomic E-state index is 14.3. The van der Waals surface area contributed by atoms with Gasteiger partial charge in [-0.15, -0.1) is 0 Å². The first kappa shape index (κ1) is 27.9. The summed E-state index contributed by atoms with van der Waals surface area (Å²) in [7, 11) is 0. The van der Waals surface area contributed by atoms with Crippen molar-refractivity contribution in [2.75, 3.05) is 38.5 Å². The van der Waals surface area contributed by atoms with Gasteiger partial charge in [-0.2, -0.15) is 5.10 Å². The number of aromatic hydroxyl groups is 1. The number of likely N-dealkylation sites (tertiary alicyclic amines) is 1. The summed E-state index contributed by atoms with van der Waals surface area (Å²) in [5.74, 6) is 0.632.